The van der Waals surface area contributed by atoms with Gasteiger partial charge in [-0.15, -0.1) is 12.4 Å². The number of nitrogens with zero attached hydrogens (tertiary/aromatic N) is 4. The van der Waals surface area contributed by atoms with E-state index in [4.69, 9.17) is 10.3 Å². The highest BCUT2D eigenvalue weighted by molar-refractivity contribution is 9.10. The molecule has 8 heteroatoms. The Morgan fingerprint density at radius 2 is 2.00 bits per heavy atom. The lowest BCUT2D eigenvalue weighted by Crippen LogP contribution is -2.34. The Labute approximate surface area is 144 Å². The number of hydrogen-bond donors (Lipinski definition) is 1. The van der Waals surface area contributed by atoms with Gasteiger partial charge in [0.1, 0.15) is 5.82 Å². The zero-order valence-electron chi connectivity index (χ0n) is 12.5. The number of anilines is 1. The highest BCUT2D eigenvalue weighted by atomic mass is 79.9. The first-order chi connectivity index (χ1) is 9.99. The molecule has 2 aromatic heterocycles. The lowest BCUT2D eigenvalue weighted by atomic mass is 9.99. The molecule has 120 valence electrons. The van der Waals surface area contributed by atoms with Gasteiger partial charge in [0.05, 0.1) is 11.1 Å². The maximum Gasteiger partial charge on any atom is 0.261 e. The minimum atomic E-state index is -0.445. The number of aromatic nitrogens is 3. The molecule has 0 amide bonds. The lowest BCUT2D eigenvalue weighted by Gasteiger charge is -2.17. The molecule has 1 aliphatic rings. The van der Waals surface area contributed by atoms with Crippen LogP contribution in [0.4, 0.5) is 5.82 Å². The van der Waals surface area contributed by atoms with E-state index in [-0.39, 0.29) is 12.4 Å². The van der Waals surface area contributed by atoms with Crippen molar-refractivity contribution in [3.63, 3.8) is 0 Å². The smallest absolute Gasteiger partial charge is 0.261 e. The quantitative estimate of drug-likeness (QED) is 0.870. The fourth-order valence-electron chi connectivity index (χ4n) is 2.71. The summed E-state index contributed by atoms with van der Waals surface area (Å²) in [7, 11) is 3.86. The molecule has 1 aliphatic carbocycles. The molecule has 0 unspecified atom stereocenters. The highest BCUT2D eigenvalue weighted by Gasteiger charge is 2.36. The summed E-state index contributed by atoms with van der Waals surface area (Å²) in [5.74, 6) is 1.84. The zero-order valence-corrected chi connectivity index (χ0v) is 14.9. The summed E-state index contributed by atoms with van der Waals surface area (Å²) in [5.41, 5.74) is 6.73. The molecule has 2 N–H and O–H groups in total. The van der Waals surface area contributed by atoms with Gasteiger partial charge in [-0.25, -0.2) is 4.98 Å². The molecule has 0 bridgehead atoms. The summed E-state index contributed by atoms with van der Waals surface area (Å²) in [6.07, 6.45) is 5.79. The van der Waals surface area contributed by atoms with Crippen molar-refractivity contribution in [2.24, 2.45) is 5.73 Å². The van der Waals surface area contributed by atoms with Crippen molar-refractivity contribution < 1.29 is 4.52 Å². The molecule has 0 spiro atoms. The third-order valence-corrected chi connectivity index (χ3v) is 4.29. The van der Waals surface area contributed by atoms with Gasteiger partial charge in [-0.1, -0.05) is 18.0 Å². The van der Waals surface area contributed by atoms with Crippen LogP contribution < -0.4 is 10.6 Å². The van der Waals surface area contributed by atoms with Gasteiger partial charge in [-0.05, 0) is 34.8 Å². The summed E-state index contributed by atoms with van der Waals surface area (Å²) < 4.78 is 6.31. The maximum absolute atomic E-state index is 6.38. The number of hydrogen-bond acceptors (Lipinski definition) is 6. The van der Waals surface area contributed by atoms with E-state index in [1.165, 1.54) is 0 Å². The average molecular weight is 389 g/mol. The average Bonchev–Trinajstić information content (AvgIpc) is 3.07. The molecule has 0 saturated heterocycles. The van der Waals surface area contributed by atoms with Crippen LogP contribution >= 0.6 is 28.3 Å². The van der Waals surface area contributed by atoms with Crippen molar-refractivity contribution >= 4 is 34.2 Å². The second kappa shape index (κ2) is 6.52. The summed E-state index contributed by atoms with van der Waals surface area (Å²) >= 11 is 3.43. The molecule has 0 radical (unpaired) electrons. The Morgan fingerprint density at radius 3 is 2.64 bits per heavy atom. The predicted molar refractivity (Wildman–Crippen MR) is 91.1 cm³/mol. The fraction of sp³-hybridized carbons (Fsp3) is 0.500. The zero-order chi connectivity index (χ0) is 15.0. The third-order valence-electron chi connectivity index (χ3n) is 3.85. The van der Waals surface area contributed by atoms with Crippen molar-refractivity contribution in [1.82, 2.24) is 15.1 Å². The van der Waals surface area contributed by atoms with Crippen LogP contribution in [-0.4, -0.2) is 29.2 Å². The van der Waals surface area contributed by atoms with Crippen LogP contribution in [0.25, 0.3) is 11.5 Å². The van der Waals surface area contributed by atoms with Crippen LogP contribution in [0.15, 0.2) is 21.3 Å². The molecule has 0 aromatic carbocycles. The number of halogens is 2. The van der Waals surface area contributed by atoms with E-state index in [2.05, 4.69) is 31.1 Å². The summed E-state index contributed by atoms with van der Waals surface area (Å²) in [6.45, 7) is 0. The standard InChI is InChI=1S/C14H18BrN5O.ClH/c1-20(2)11-10(7-9(15)8-17-11)12-18-13(19-21-12)14(16)5-3-4-6-14;/h7-8H,3-6,16H2,1-2H3;1H. The first-order valence-electron chi connectivity index (χ1n) is 6.96. The highest BCUT2D eigenvalue weighted by Crippen LogP contribution is 2.36. The van der Waals surface area contributed by atoms with Crippen molar-refractivity contribution in [3.8, 4) is 11.5 Å². The van der Waals surface area contributed by atoms with Crippen LogP contribution in [0.3, 0.4) is 0 Å². The topological polar surface area (TPSA) is 81.1 Å². The van der Waals surface area contributed by atoms with E-state index in [0.29, 0.717) is 11.7 Å². The second-order valence-electron chi connectivity index (χ2n) is 5.71. The fourth-order valence-corrected chi connectivity index (χ4v) is 3.04. The van der Waals surface area contributed by atoms with E-state index in [1.54, 1.807) is 6.20 Å². The van der Waals surface area contributed by atoms with E-state index in [9.17, 15) is 0 Å². The first kappa shape index (κ1) is 17.2. The van der Waals surface area contributed by atoms with Crippen LogP contribution in [0.2, 0.25) is 0 Å². The van der Waals surface area contributed by atoms with Gasteiger partial charge in [-0.3, -0.25) is 0 Å². The molecule has 22 heavy (non-hydrogen) atoms. The number of nitrogens with two attached hydrogens (primary N) is 1. The summed E-state index contributed by atoms with van der Waals surface area (Å²) in [6, 6.07) is 1.93. The molecule has 6 nitrogen and oxygen atoms in total. The molecular formula is C14H19BrClN5O. The third kappa shape index (κ3) is 3.11. The van der Waals surface area contributed by atoms with Crippen LogP contribution in [0, 0.1) is 0 Å². The number of rotatable bonds is 3. The predicted octanol–water partition coefficient (Wildman–Crippen LogP) is 3.11. The minimum Gasteiger partial charge on any atom is -0.362 e. The van der Waals surface area contributed by atoms with E-state index >= 15 is 0 Å². The molecule has 1 saturated carbocycles. The van der Waals surface area contributed by atoms with Gasteiger partial charge in [-0.2, -0.15) is 4.98 Å². The maximum atomic E-state index is 6.38. The van der Waals surface area contributed by atoms with Crippen LogP contribution in [0.1, 0.15) is 31.5 Å². The molecule has 1 fully saturated rings. The molecule has 0 atom stereocenters. The Hall–Kier alpha value is -1.18. The van der Waals surface area contributed by atoms with Gasteiger partial charge in [0.25, 0.3) is 5.89 Å². The normalized spacial score (nSPS) is 16.4. The molecule has 3 rings (SSSR count). The van der Waals surface area contributed by atoms with Gasteiger partial charge in [0, 0.05) is 24.8 Å². The molecular weight excluding hydrogens is 370 g/mol. The van der Waals surface area contributed by atoms with Crippen molar-refractivity contribution in [1.29, 1.82) is 0 Å². The summed E-state index contributed by atoms with van der Waals surface area (Å²) in [5, 5.41) is 4.10. The van der Waals surface area contributed by atoms with E-state index in [1.807, 2.05) is 25.1 Å². The number of pyridine rings is 1. The Bertz CT molecular complexity index is 654. The van der Waals surface area contributed by atoms with Gasteiger partial charge >= 0.3 is 0 Å². The Balaban J connectivity index is 0.00000176. The lowest BCUT2D eigenvalue weighted by molar-refractivity contribution is 0.372. The summed E-state index contributed by atoms with van der Waals surface area (Å²) in [4.78, 5) is 10.8. The monoisotopic (exact) mass is 387 g/mol. The minimum absolute atomic E-state index is 0. The largest absolute Gasteiger partial charge is 0.362 e. The van der Waals surface area contributed by atoms with Gasteiger partial charge < -0.3 is 15.2 Å². The van der Waals surface area contributed by atoms with E-state index < -0.39 is 5.54 Å². The van der Waals surface area contributed by atoms with Crippen molar-refractivity contribution in [2.75, 3.05) is 19.0 Å². The Morgan fingerprint density at radius 1 is 1.32 bits per heavy atom. The second-order valence-corrected chi connectivity index (χ2v) is 6.62. The van der Waals surface area contributed by atoms with Crippen molar-refractivity contribution in [2.45, 2.75) is 31.2 Å². The molecule has 0 aliphatic heterocycles. The van der Waals surface area contributed by atoms with Gasteiger partial charge in [0.2, 0.25) is 0 Å². The molecule has 2 heterocycles. The Kier molecular flexibility index (Phi) is 5.09. The van der Waals surface area contributed by atoms with Crippen LogP contribution in [-0.2, 0) is 5.54 Å². The van der Waals surface area contributed by atoms with Crippen molar-refractivity contribution in [3.05, 3.63) is 22.6 Å². The SMILES string of the molecule is CN(C)c1ncc(Br)cc1-c1nc(C2(N)CCCC2)no1.Cl. The molecule has 2 aromatic rings. The van der Waals surface area contributed by atoms with Crippen LogP contribution in [0.5, 0.6) is 0 Å². The van der Waals surface area contributed by atoms with Gasteiger partial charge in [0.15, 0.2) is 5.82 Å². The first-order valence-corrected chi connectivity index (χ1v) is 7.75. The van der Waals surface area contributed by atoms with E-state index in [0.717, 1.165) is 41.5 Å².